The van der Waals surface area contributed by atoms with E-state index in [4.69, 9.17) is 0 Å². The fourth-order valence-electron chi connectivity index (χ4n) is 2.66. The van der Waals surface area contributed by atoms with Crippen LogP contribution in [0, 0.1) is 5.82 Å². The highest BCUT2D eigenvalue weighted by molar-refractivity contribution is 5.80. The summed E-state index contributed by atoms with van der Waals surface area (Å²) in [6, 6.07) is 12.1. The molecular weight excluding hydrogens is 307 g/mol. The Labute approximate surface area is 137 Å². The zero-order chi connectivity index (χ0) is 16.5. The SMILES string of the molecule is CNCc1nc2ccc(-c3ncnn3-c3ccc(F)cc3)cc2[nH]1. The van der Waals surface area contributed by atoms with E-state index in [2.05, 4.69) is 25.4 Å². The van der Waals surface area contributed by atoms with Crippen LogP contribution in [-0.2, 0) is 6.54 Å². The van der Waals surface area contributed by atoms with E-state index in [9.17, 15) is 4.39 Å². The van der Waals surface area contributed by atoms with Gasteiger partial charge in [0.2, 0.25) is 0 Å². The third-order valence-electron chi connectivity index (χ3n) is 3.75. The first-order chi connectivity index (χ1) is 11.7. The lowest BCUT2D eigenvalue weighted by Crippen LogP contribution is -2.06. The van der Waals surface area contributed by atoms with Crippen LogP contribution in [-0.4, -0.2) is 31.8 Å². The average molecular weight is 322 g/mol. The predicted octanol–water partition coefficient (Wildman–Crippen LogP) is 2.67. The first-order valence-corrected chi connectivity index (χ1v) is 7.54. The summed E-state index contributed by atoms with van der Waals surface area (Å²) in [5.41, 5.74) is 3.50. The lowest BCUT2D eigenvalue weighted by molar-refractivity contribution is 0.627. The fraction of sp³-hybridized carbons (Fsp3) is 0.118. The molecule has 2 N–H and O–H groups in total. The summed E-state index contributed by atoms with van der Waals surface area (Å²) < 4.78 is 14.8. The number of imidazole rings is 1. The third-order valence-corrected chi connectivity index (χ3v) is 3.75. The van der Waals surface area contributed by atoms with Gasteiger partial charge in [0, 0.05) is 5.56 Å². The summed E-state index contributed by atoms with van der Waals surface area (Å²) in [4.78, 5) is 12.1. The second kappa shape index (κ2) is 5.86. The highest BCUT2D eigenvalue weighted by Crippen LogP contribution is 2.24. The Kier molecular flexibility index (Phi) is 3.55. The summed E-state index contributed by atoms with van der Waals surface area (Å²) in [6.07, 6.45) is 1.49. The molecule has 7 heteroatoms. The van der Waals surface area contributed by atoms with E-state index in [1.165, 1.54) is 18.5 Å². The van der Waals surface area contributed by atoms with Crippen LogP contribution in [0.15, 0.2) is 48.8 Å². The van der Waals surface area contributed by atoms with Gasteiger partial charge in [0.15, 0.2) is 5.82 Å². The maximum atomic E-state index is 13.1. The number of H-pyrrole nitrogens is 1. The maximum absolute atomic E-state index is 13.1. The number of aromatic nitrogens is 5. The number of nitrogens with one attached hydrogen (secondary N) is 2. The molecule has 0 radical (unpaired) electrons. The van der Waals surface area contributed by atoms with Crippen molar-refractivity contribution in [3.8, 4) is 17.1 Å². The minimum atomic E-state index is -0.281. The van der Waals surface area contributed by atoms with Gasteiger partial charge in [-0.15, -0.1) is 0 Å². The van der Waals surface area contributed by atoms with Crippen LogP contribution >= 0.6 is 0 Å². The molecule has 0 saturated heterocycles. The van der Waals surface area contributed by atoms with Crippen molar-refractivity contribution in [2.75, 3.05) is 7.05 Å². The molecule has 120 valence electrons. The number of halogens is 1. The topological polar surface area (TPSA) is 71.4 Å². The number of hydrogen-bond donors (Lipinski definition) is 2. The van der Waals surface area contributed by atoms with E-state index < -0.39 is 0 Å². The van der Waals surface area contributed by atoms with E-state index in [0.29, 0.717) is 12.4 Å². The minimum Gasteiger partial charge on any atom is -0.341 e. The van der Waals surface area contributed by atoms with Crippen molar-refractivity contribution in [3.63, 3.8) is 0 Å². The Morgan fingerprint density at radius 2 is 2.00 bits per heavy atom. The van der Waals surface area contributed by atoms with Crippen molar-refractivity contribution in [1.29, 1.82) is 0 Å². The van der Waals surface area contributed by atoms with E-state index in [1.54, 1.807) is 16.8 Å². The predicted molar refractivity (Wildman–Crippen MR) is 89.2 cm³/mol. The molecule has 0 aliphatic rings. The standard InChI is InChI=1S/C17H15FN6/c1-19-9-16-22-14-7-2-11(8-15(14)23-16)17-20-10-21-24(17)13-5-3-12(18)4-6-13/h2-8,10,19H,9H2,1H3,(H,22,23). The van der Waals surface area contributed by atoms with E-state index in [-0.39, 0.29) is 5.82 Å². The third kappa shape index (κ3) is 2.55. The summed E-state index contributed by atoms with van der Waals surface area (Å²) in [5, 5.41) is 7.33. The zero-order valence-corrected chi connectivity index (χ0v) is 13.0. The average Bonchev–Trinajstić information content (AvgIpc) is 3.21. The second-order valence-electron chi connectivity index (χ2n) is 5.42. The lowest BCUT2D eigenvalue weighted by atomic mass is 10.2. The van der Waals surface area contributed by atoms with Gasteiger partial charge in [0.1, 0.15) is 18.0 Å². The van der Waals surface area contributed by atoms with E-state index in [1.807, 2.05) is 25.2 Å². The van der Waals surface area contributed by atoms with Crippen molar-refractivity contribution < 1.29 is 4.39 Å². The van der Waals surface area contributed by atoms with Gasteiger partial charge in [0.25, 0.3) is 0 Å². The van der Waals surface area contributed by atoms with Gasteiger partial charge in [-0.05, 0) is 49.5 Å². The molecule has 24 heavy (non-hydrogen) atoms. The van der Waals surface area contributed by atoms with Crippen LogP contribution in [0.2, 0.25) is 0 Å². The van der Waals surface area contributed by atoms with Crippen LogP contribution < -0.4 is 5.32 Å². The van der Waals surface area contributed by atoms with Crippen molar-refractivity contribution in [3.05, 3.63) is 60.4 Å². The summed E-state index contributed by atoms with van der Waals surface area (Å²) in [7, 11) is 1.88. The molecule has 2 heterocycles. The highest BCUT2D eigenvalue weighted by Gasteiger charge is 2.11. The molecule has 0 aliphatic carbocycles. The van der Waals surface area contributed by atoms with Gasteiger partial charge in [-0.2, -0.15) is 5.10 Å². The number of benzene rings is 2. The highest BCUT2D eigenvalue weighted by atomic mass is 19.1. The molecule has 2 aromatic carbocycles. The molecule has 2 aromatic heterocycles. The van der Waals surface area contributed by atoms with Gasteiger partial charge >= 0.3 is 0 Å². The Morgan fingerprint density at radius 1 is 1.17 bits per heavy atom. The number of hydrogen-bond acceptors (Lipinski definition) is 4. The number of aromatic amines is 1. The van der Waals surface area contributed by atoms with Crippen molar-refractivity contribution in [1.82, 2.24) is 30.0 Å². The molecule has 0 saturated carbocycles. The Balaban J connectivity index is 1.78. The van der Waals surface area contributed by atoms with Gasteiger partial charge in [0.05, 0.1) is 23.3 Å². The summed E-state index contributed by atoms with van der Waals surface area (Å²) in [5.74, 6) is 1.29. The normalized spacial score (nSPS) is 11.2. The minimum absolute atomic E-state index is 0.281. The quantitative estimate of drug-likeness (QED) is 0.606. The van der Waals surface area contributed by atoms with Crippen molar-refractivity contribution >= 4 is 11.0 Å². The lowest BCUT2D eigenvalue weighted by Gasteiger charge is -2.06. The van der Waals surface area contributed by atoms with Gasteiger partial charge < -0.3 is 10.3 Å². The first kappa shape index (κ1) is 14.5. The van der Waals surface area contributed by atoms with Crippen LogP contribution in [0.3, 0.4) is 0 Å². The number of fused-ring (bicyclic) bond motifs is 1. The van der Waals surface area contributed by atoms with Crippen LogP contribution in [0.5, 0.6) is 0 Å². The van der Waals surface area contributed by atoms with Crippen molar-refractivity contribution in [2.24, 2.45) is 0 Å². The van der Waals surface area contributed by atoms with Crippen LogP contribution in [0.4, 0.5) is 4.39 Å². The molecule has 0 amide bonds. The van der Waals surface area contributed by atoms with Gasteiger partial charge in [-0.1, -0.05) is 0 Å². The number of rotatable bonds is 4. The fourth-order valence-corrected chi connectivity index (χ4v) is 2.66. The van der Waals surface area contributed by atoms with Gasteiger partial charge in [-0.3, -0.25) is 0 Å². The molecule has 0 atom stereocenters. The molecule has 0 spiro atoms. The molecule has 4 aromatic rings. The Hall–Kier alpha value is -3.06. The van der Waals surface area contributed by atoms with Crippen molar-refractivity contribution in [2.45, 2.75) is 6.54 Å². The maximum Gasteiger partial charge on any atom is 0.163 e. The molecule has 0 aliphatic heterocycles. The molecule has 0 unspecified atom stereocenters. The Bertz CT molecular complexity index is 986. The second-order valence-corrected chi connectivity index (χ2v) is 5.42. The zero-order valence-electron chi connectivity index (χ0n) is 13.0. The van der Waals surface area contributed by atoms with E-state index >= 15 is 0 Å². The smallest absolute Gasteiger partial charge is 0.163 e. The molecule has 4 rings (SSSR count). The summed E-state index contributed by atoms with van der Waals surface area (Å²) in [6.45, 7) is 0.676. The monoisotopic (exact) mass is 322 g/mol. The Morgan fingerprint density at radius 3 is 2.79 bits per heavy atom. The number of nitrogens with zero attached hydrogens (tertiary/aromatic N) is 4. The van der Waals surface area contributed by atoms with Crippen LogP contribution in [0.25, 0.3) is 28.1 Å². The first-order valence-electron chi connectivity index (χ1n) is 7.54. The molecule has 0 bridgehead atoms. The van der Waals surface area contributed by atoms with Crippen LogP contribution in [0.1, 0.15) is 5.82 Å². The van der Waals surface area contributed by atoms with E-state index in [0.717, 1.165) is 28.1 Å². The summed E-state index contributed by atoms with van der Waals surface area (Å²) >= 11 is 0. The molecule has 0 fully saturated rings. The molecular formula is C17H15FN6. The molecule has 6 nitrogen and oxygen atoms in total. The van der Waals surface area contributed by atoms with Gasteiger partial charge in [-0.25, -0.2) is 19.0 Å². The largest absolute Gasteiger partial charge is 0.341 e.